The number of ether oxygens (including phenoxy) is 2. The Morgan fingerprint density at radius 2 is 1.67 bits per heavy atom. The zero-order valence-electron chi connectivity index (χ0n) is 12.7. The van der Waals surface area contributed by atoms with E-state index in [0.717, 1.165) is 6.07 Å². The lowest BCUT2D eigenvalue weighted by Crippen LogP contribution is -2.18. The van der Waals surface area contributed by atoms with E-state index in [4.69, 9.17) is 9.47 Å². The fraction of sp³-hybridized carbons (Fsp3) is 0.188. The smallest absolute Gasteiger partial charge is 0.418 e. The van der Waals surface area contributed by atoms with E-state index in [1.165, 1.54) is 38.5 Å². The molecule has 0 radical (unpaired) electrons. The molecular weight excluding hydrogens is 438 g/mol. The minimum atomic E-state index is -4.59. The van der Waals surface area contributed by atoms with E-state index in [1.54, 1.807) is 28.7 Å². The second kappa shape index (κ2) is 7.29. The molecular formula is C16H13F3INO3. The van der Waals surface area contributed by atoms with Crippen LogP contribution in [0.25, 0.3) is 0 Å². The van der Waals surface area contributed by atoms with Gasteiger partial charge in [-0.2, -0.15) is 13.2 Å². The molecule has 0 aliphatic rings. The number of alkyl halides is 3. The molecule has 0 unspecified atom stereocenters. The van der Waals surface area contributed by atoms with Crippen molar-refractivity contribution in [3.63, 3.8) is 0 Å². The monoisotopic (exact) mass is 451 g/mol. The van der Waals surface area contributed by atoms with Gasteiger partial charge in [0.05, 0.1) is 25.5 Å². The van der Waals surface area contributed by atoms with Gasteiger partial charge in [0.15, 0.2) is 0 Å². The molecule has 0 spiro atoms. The van der Waals surface area contributed by atoms with Crippen LogP contribution in [0.15, 0.2) is 36.4 Å². The molecule has 1 amide bonds. The van der Waals surface area contributed by atoms with Crippen LogP contribution in [-0.2, 0) is 6.18 Å². The van der Waals surface area contributed by atoms with Gasteiger partial charge in [0.1, 0.15) is 17.1 Å². The Morgan fingerprint density at radius 1 is 1.08 bits per heavy atom. The fourth-order valence-electron chi connectivity index (χ4n) is 2.12. The highest BCUT2D eigenvalue weighted by Gasteiger charge is 2.34. The normalized spacial score (nSPS) is 11.1. The van der Waals surface area contributed by atoms with Crippen molar-refractivity contribution in [3.8, 4) is 11.5 Å². The molecule has 8 heteroatoms. The summed E-state index contributed by atoms with van der Waals surface area (Å²) in [5, 5.41) is 2.29. The number of nitrogens with one attached hydrogen (secondary N) is 1. The predicted molar refractivity (Wildman–Crippen MR) is 91.7 cm³/mol. The third kappa shape index (κ3) is 3.92. The summed E-state index contributed by atoms with van der Waals surface area (Å²) in [4.78, 5) is 12.5. The number of methoxy groups -OCH3 is 2. The summed E-state index contributed by atoms with van der Waals surface area (Å²) in [5.74, 6) is -0.354. The molecule has 2 rings (SSSR count). The fourth-order valence-corrected chi connectivity index (χ4v) is 2.61. The Morgan fingerprint density at radius 3 is 2.17 bits per heavy atom. The van der Waals surface area contributed by atoms with E-state index in [9.17, 15) is 18.0 Å². The molecule has 128 valence electrons. The first kappa shape index (κ1) is 18.4. The summed E-state index contributed by atoms with van der Waals surface area (Å²) in [6, 6.07) is 8.32. The van der Waals surface area contributed by atoms with Crippen LogP contribution in [0.1, 0.15) is 15.9 Å². The number of carbonyl (C=O) groups is 1. The molecule has 4 nitrogen and oxygen atoms in total. The summed E-state index contributed by atoms with van der Waals surface area (Å²) >= 11 is 1.78. The molecule has 0 bridgehead atoms. The van der Waals surface area contributed by atoms with Crippen LogP contribution in [-0.4, -0.2) is 20.1 Å². The van der Waals surface area contributed by atoms with Crippen LogP contribution in [0.3, 0.4) is 0 Å². The van der Waals surface area contributed by atoms with Gasteiger partial charge in [0, 0.05) is 3.57 Å². The van der Waals surface area contributed by atoms with Gasteiger partial charge in [-0.3, -0.25) is 4.79 Å². The SMILES string of the molecule is COc1cccc(OC)c1C(=O)Nc1ccc(I)cc1C(F)(F)F. The van der Waals surface area contributed by atoms with Crippen LogP contribution < -0.4 is 14.8 Å². The summed E-state index contributed by atoms with van der Waals surface area (Å²) in [6.45, 7) is 0. The number of amides is 1. The number of rotatable bonds is 4. The van der Waals surface area contributed by atoms with Crippen LogP contribution >= 0.6 is 22.6 Å². The van der Waals surface area contributed by atoms with Crippen molar-refractivity contribution in [1.29, 1.82) is 0 Å². The summed E-state index contributed by atoms with van der Waals surface area (Å²) in [5.41, 5.74) is -1.23. The van der Waals surface area contributed by atoms with Crippen LogP contribution in [0, 0.1) is 3.57 Å². The first-order valence-electron chi connectivity index (χ1n) is 6.67. The number of anilines is 1. The molecule has 24 heavy (non-hydrogen) atoms. The topological polar surface area (TPSA) is 47.6 Å². The van der Waals surface area contributed by atoms with Crippen molar-refractivity contribution in [2.24, 2.45) is 0 Å². The molecule has 0 saturated heterocycles. The predicted octanol–water partition coefficient (Wildman–Crippen LogP) is 4.58. The maximum Gasteiger partial charge on any atom is 0.418 e. The van der Waals surface area contributed by atoms with Crippen LogP contribution in [0.5, 0.6) is 11.5 Å². The highest BCUT2D eigenvalue weighted by molar-refractivity contribution is 14.1. The van der Waals surface area contributed by atoms with Gasteiger partial charge in [-0.1, -0.05) is 6.07 Å². The van der Waals surface area contributed by atoms with E-state index in [0.29, 0.717) is 3.57 Å². The second-order valence-electron chi connectivity index (χ2n) is 4.68. The average molecular weight is 451 g/mol. The third-order valence-electron chi connectivity index (χ3n) is 3.19. The van der Waals surface area contributed by atoms with Gasteiger partial charge in [0.25, 0.3) is 5.91 Å². The number of hydrogen-bond acceptors (Lipinski definition) is 3. The van der Waals surface area contributed by atoms with E-state index in [-0.39, 0.29) is 22.7 Å². The molecule has 0 aliphatic heterocycles. The van der Waals surface area contributed by atoms with Crippen molar-refractivity contribution < 1.29 is 27.4 Å². The number of hydrogen-bond donors (Lipinski definition) is 1. The average Bonchev–Trinajstić information content (AvgIpc) is 2.54. The van der Waals surface area contributed by atoms with Gasteiger partial charge in [-0.15, -0.1) is 0 Å². The van der Waals surface area contributed by atoms with Gasteiger partial charge < -0.3 is 14.8 Å². The number of halogens is 4. The lowest BCUT2D eigenvalue weighted by atomic mass is 10.1. The van der Waals surface area contributed by atoms with Crippen LogP contribution in [0.2, 0.25) is 0 Å². The summed E-state index contributed by atoms with van der Waals surface area (Å²) < 4.78 is 50.1. The Kier molecular flexibility index (Phi) is 5.58. The maximum absolute atomic E-state index is 13.2. The highest BCUT2D eigenvalue weighted by atomic mass is 127. The third-order valence-corrected chi connectivity index (χ3v) is 3.86. The van der Waals surface area contributed by atoms with Crippen molar-refractivity contribution >= 4 is 34.2 Å². The molecule has 0 saturated carbocycles. The first-order valence-corrected chi connectivity index (χ1v) is 7.75. The Hall–Kier alpha value is -1.97. The van der Waals surface area contributed by atoms with E-state index < -0.39 is 17.6 Å². The van der Waals surface area contributed by atoms with Crippen molar-refractivity contribution in [1.82, 2.24) is 0 Å². The lowest BCUT2D eigenvalue weighted by Gasteiger charge is -2.16. The highest BCUT2D eigenvalue weighted by Crippen LogP contribution is 2.37. The maximum atomic E-state index is 13.2. The Bertz CT molecular complexity index is 740. The van der Waals surface area contributed by atoms with Gasteiger partial charge in [0.2, 0.25) is 0 Å². The number of carbonyl (C=O) groups excluding carboxylic acids is 1. The number of benzene rings is 2. The van der Waals surface area contributed by atoms with Gasteiger partial charge in [-0.25, -0.2) is 0 Å². The molecule has 0 fully saturated rings. The van der Waals surface area contributed by atoms with E-state index in [1.807, 2.05) is 0 Å². The molecule has 0 aromatic heterocycles. The minimum Gasteiger partial charge on any atom is -0.496 e. The molecule has 2 aromatic rings. The van der Waals surface area contributed by atoms with Crippen LogP contribution in [0.4, 0.5) is 18.9 Å². The molecule has 2 aromatic carbocycles. The summed E-state index contributed by atoms with van der Waals surface area (Å²) in [7, 11) is 2.72. The van der Waals surface area contributed by atoms with E-state index >= 15 is 0 Å². The first-order chi connectivity index (χ1) is 11.3. The van der Waals surface area contributed by atoms with Crippen molar-refractivity contribution in [2.45, 2.75) is 6.18 Å². The Balaban J connectivity index is 2.45. The minimum absolute atomic E-state index is 0.0224. The quantitative estimate of drug-likeness (QED) is 0.693. The zero-order valence-corrected chi connectivity index (χ0v) is 14.9. The summed E-state index contributed by atoms with van der Waals surface area (Å²) in [6.07, 6.45) is -4.59. The van der Waals surface area contributed by atoms with Crippen molar-refractivity contribution in [3.05, 3.63) is 51.1 Å². The lowest BCUT2D eigenvalue weighted by molar-refractivity contribution is -0.137. The molecule has 0 aliphatic carbocycles. The molecule has 0 heterocycles. The van der Waals surface area contributed by atoms with Crippen molar-refractivity contribution in [2.75, 3.05) is 19.5 Å². The van der Waals surface area contributed by atoms with Gasteiger partial charge in [-0.05, 0) is 52.9 Å². The van der Waals surface area contributed by atoms with Gasteiger partial charge >= 0.3 is 6.18 Å². The largest absolute Gasteiger partial charge is 0.496 e. The molecule has 0 atom stereocenters. The second-order valence-corrected chi connectivity index (χ2v) is 5.92. The Labute approximate surface area is 150 Å². The standard InChI is InChI=1S/C16H13F3INO3/c1-23-12-4-3-5-13(24-2)14(12)15(22)21-11-7-6-9(20)8-10(11)16(17,18)19/h3-8H,1-2H3,(H,21,22). The zero-order chi connectivity index (χ0) is 17.9. The molecule has 1 N–H and O–H groups in total. The van der Waals surface area contributed by atoms with E-state index in [2.05, 4.69) is 5.32 Å².